The van der Waals surface area contributed by atoms with Crippen molar-refractivity contribution in [3.63, 3.8) is 0 Å². The van der Waals surface area contributed by atoms with Gasteiger partial charge in [0.2, 0.25) is 10.0 Å². The third kappa shape index (κ3) is 2.92. The van der Waals surface area contributed by atoms with Crippen LogP contribution in [0.15, 0.2) is 23.1 Å². The Hall–Kier alpha value is -1.67. The average Bonchev–Trinajstić information content (AvgIpc) is 2.26. The first kappa shape index (κ1) is 13.4. The highest BCUT2D eigenvalue weighted by Crippen LogP contribution is 2.27. The highest BCUT2D eigenvalue weighted by Gasteiger charge is 2.23. The molecule has 0 bridgehead atoms. The lowest BCUT2D eigenvalue weighted by Gasteiger charge is -2.08. The molecular weight excluding hydrogens is 246 g/mol. The predicted molar refractivity (Wildman–Crippen MR) is 63.0 cm³/mol. The van der Waals surface area contributed by atoms with E-state index in [0.717, 1.165) is 6.07 Å². The van der Waals surface area contributed by atoms with E-state index in [1.165, 1.54) is 12.1 Å². The monoisotopic (exact) mass is 259 g/mol. The number of nitro groups is 1. The van der Waals surface area contributed by atoms with Gasteiger partial charge < -0.3 is 5.73 Å². The summed E-state index contributed by atoms with van der Waals surface area (Å²) >= 11 is 0. The van der Waals surface area contributed by atoms with E-state index in [0.29, 0.717) is 6.42 Å². The molecule has 0 fully saturated rings. The number of nitrogen functional groups attached to an aromatic ring is 1. The molecule has 0 spiro atoms. The Labute approximate surface area is 98.8 Å². The van der Waals surface area contributed by atoms with E-state index in [4.69, 9.17) is 5.73 Å². The number of nitro benzene ring substituents is 1. The molecule has 1 rings (SSSR count). The van der Waals surface area contributed by atoms with E-state index < -0.39 is 20.6 Å². The van der Waals surface area contributed by atoms with Gasteiger partial charge in [-0.2, -0.15) is 0 Å². The lowest BCUT2D eigenvalue weighted by molar-refractivity contribution is -0.384. The van der Waals surface area contributed by atoms with E-state index in [1.807, 2.05) is 0 Å². The van der Waals surface area contributed by atoms with Crippen LogP contribution in [0.3, 0.4) is 0 Å². The van der Waals surface area contributed by atoms with Crippen LogP contribution >= 0.6 is 0 Å². The van der Waals surface area contributed by atoms with Crippen molar-refractivity contribution in [3.8, 4) is 0 Å². The third-order valence-corrected chi connectivity index (χ3v) is 3.59. The lowest BCUT2D eigenvalue weighted by Crippen LogP contribution is -2.25. The molecule has 0 saturated heterocycles. The van der Waals surface area contributed by atoms with Crippen molar-refractivity contribution in [2.45, 2.75) is 18.2 Å². The molecule has 0 amide bonds. The number of anilines is 1. The van der Waals surface area contributed by atoms with Gasteiger partial charge in [0, 0.05) is 12.6 Å². The van der Waals surface area contributed by atoms with E-state index in [1.54, 1.807) is 6.92 Å². The molecule has 8 heteroatoms. The summed E-state index contributed by atoms with van der Waals surface area (Å²) in [6.07, 6.45) is 0.619. The fourth-order valence-corrected chi connectivity index (χ4v) is 2.52. The van der Waals surface area contributed by atoms with Crippen LogP contribution in [-0.4, -0.2) is 19.9 Å². The molecule has 7 nitrogen and oxygen atoms in total. The Bertz CT molecular complexity index is 527. The number of sulfonamides is 1. The number of nitrogens with two attached hydrogens (primary N) is 1. The minimum atomic E-state index is -3.79. The minimum Gasteiger partial charge on any atom is -0.392 e. The van der Waals surface area contributed by atoms with Gasteiger partial charge in [0.05, 0.1) is 4.92 Å². The molecule has 0 aliphatic rings. The molecule has 94 valence electrons. The maximum Gasteiger partial charge on any atom is 0.293 e. The van der Waals surface area contributed by atoms with Gasteiger partial charge in [-0.3, -0.25) is 10.1 Å². The molecule has 0 aliphatic carbocycles. The maximum atomic E-state index is 11.8. The van der Waals surface area contributed by atoms with Crippen LogP contribution in [0, 0.1) is 10.1 Å². The summed E-state index contributed by atoms with van der Waals surface area (Å²) in [4.78, 5) is 9.65. The van der Waals surface area contributed by atoms with Crippen molar-refractivity contribution in [3.05, 3.63) is 28.3 Å². The molecule has 0 radical (unpaired) electrons. The number of para-hydroxylation sites is 1. The Morgan fingerprint density at radius 3 is 2.65 bits per heavy atom. The van der Waals surface area contributed by atoms with Crippen LogP contribution in [0.2, 0.25) is 0 Å². The molecular formula is C9H13N3O4S. The minimum absolute atomic E-state index is 0.254. The van der Waals surface area contributed by atoms with Gasteiger partial charge in [-0.15, -0.1) is 0 Å². The summed E-state index contributed by atoms with van der Waals surface area (Å²) in [6, 6.07) is 3.68. The number of nitrogens with one attached hydrogen (secondary N) is 1. The average molecular weight is 259 g/mol. The number of nitrogens with zero attached hydrogens (tertiary/aromatic N) is 1. The third-order valence-electron chi connectivity index (χ3n) is 2.07. The van der Waals surface area contributed by atoms with Gasteiger partial charge >= 0.3 is 0 Å². The van der Waals surface area contributed by atoms with Crippen molar-refractivity contribution in [1.82, 2.24) is 4.72 Å². The maximum absolute atomic E-state index is 11.8. The first-order chi connectivity index (χ1) is 7.90. The van der Waals surface area contributed by atoms with E-state index in [-0.39, 0.29) is 17.1 Å². The molecule has 0 unspecified atom stereocenters. The molecule has 0 heterocycles. The SMILES string of the molecule is CCCNS(=O)(=O)c1cccc([N+](=O)[O-])c1N. The smallest absolute Gasteiger partial charge is 0.293 e. The summed E-state index contributed by atoms with van der Waals surface area (Å²) in [5.41, 5.74) is 4.72. The second-order valence-corrected chi connectivity index (χ2v) is 5.08. The molecule has 0 aliphatic heterocycles. The van der Waals surface area contributed by atoms with Crippen molar-refractivity contribution < 1.29 is 13.3 Å². The van der Waals surface area contributed by atoms with Gasteiger partial charge in [-0.25, -0.2) is 13.1 Å². The van der Waals surface area contributed by atoms with Gasteiger partial charge in [0.1, 0.15) is 10.6 Å². The molecule has 0 saturated carbocycles. The molecule has 0 aromatic heterocycles. The van der Waals surface area contributed by atoms with Crippen molar-refractivity contribution in [1.29, 1.82) is 0 Å². The topological polar surface area (TPSA) is 115 Å². The van der Waals surface area contributed by atoms with Crippen LogP contribution in [0.25, 0.3) is 0 Å². The summed E-state index contributed by atoms with van der Waals surface area (Å²) in [5, 5.41) is 10.6. The van der Waals surface area contributed by atoms with Crippen LogP contribution in [0.4, 0.5) is 11.4 Å². The van der Waals surface area contributed by atoms with Crippen LogP contribution < -0.4 is 10.5 Å². The number of hydrogen-bond donors (Lipinski definition) is 2. The zero-order chi connectivity index (χ0) is 13.1. The van der Waals surface area contributed by atoms with Gasteiger partial charge in [0.15, 0.2) is 0 Å². The first-order valence-electron chi connectivity index (χ1n) is 4.92. The van der Waals surface area contributed by atoms with Crippen molar-refractivity contribution in [2.75, 3.05) is 12.3 Å². The van der Waals surface area contributed by atoms with Crippen LogP contribution in [0.1, 0.15) is 13.3 Å². The summed E-state index contributed by atoms with van der Waals surface area (Å²) < 4.78 is 25.8. The number of rotatable bonds is 5. The van der Waals surface area contributed by atoms with Gasteiger partial charge in [0.25, 0.3) is 5.69 Å². The second-order valence-electron chi connectivity index (χ2n) is 3.34. The van der Waals surface area contributed by atoms with E-state index in [9.17, 15) is 18.5 Å². The number of benzene rings is 1. The standard InChI is InChI=1S/C9H13N3O4S/c1-2-6-11-17(15,16)8-5-3-4-7(9(8)10)12(13)14/h3-5,11H,2,6,10H2,1H3. The lowest BCUT2D eigenvalue weighted by atomic mass is 10.3. The number of hydrogen-bond acceptors (Lipinski definition) is 5. The Kier molecular flexibility index (Phi) is 4.02. The first-order valence-corrected chi connectivity index (χ1v) is 6.41. The quantitative estimate of drug-likeness (QED) is 0.462. The zero-order valence-corrected chi connectivity index (χ0v) is 10.0. The molecule has 1 aromatic rings. The van der Waals surface area contributed by atoms with Gasteiger partial charge in [-0.1, -0.05) is 13.0 Å². The van der Waals surface area contributed by atoms with Crippen LogP contribution in [-0.2, 0) is 10.0 Å². The molecule has 1 aromatic carbocycles. The zero-order valence-electron chi connectivity index (χ0n) is 9.21. The normalized spacial score (nSPS) is 11.4. The summed E-state index contributed by atoms with van der Waals surface area (Å²) in [5.74, 6) is 0. The largest absolute Gasteiger partial charge is 0.392 e. The fourth-order valence-electron chi connectivity index (χ4n) is 1.24. The molecule has 3 N–H and O–H groups in total. The van der Waals surface area contributed by atoms with Crippen LogP contribution in [0.5, 0.6) is 0 Å². The molecule has 17 heavy (non-hydrogen) atoms. The Morgan fingerprint density at radius 1 is 1.47 bits per heavy atom. The van der Waals surface area contributed by atoms with Gasteiger partial charge in [-0.05, 0) is 12.5 Å². The Morgan fingerprint density at radius 2 is 2.12 bits per heavy atom. The predicted octanol–water partition coefficient (Wildman–Crippen LogP) is 0.865. The second kappa shape index (κ2) is 5.11. The highest BCUT2D eigenvalue weighted by molar-refractivity contribution is 7.89. The highest BCUT2D eigenvalue weighted by atomic mass is 32.2. The molecule has 0 atom stereocenters. The summed E-state index contributed by atoms with van der Waals surface area (Å²) in [6.45, 7) is 2.06. The van der Waals surface area contributed by atoms with E-state index >= 15 is 0 Å². The van der Waals surface area contributed by atoms with Crippen molar-refractivity contribution >= 4 is 21.4 Å². The Balaban J connectivity index is 3.24. The fraction of sp³-hybridized carbons (Fsp3) is 0.333. The van der Waals surface area contributed by atoms with Crippen molar-refractivity contribution in [2.24, 2.45) is 0 Å². The summed E-state index contributed by atoms with van der Waals surface area (Å²) in [7, 11) is -3.79. The van der Waals surface area contributed by atoms with E-state index in [2.05, 4.69) is 4.72 Å².